The molecule has 0 bridgehead atoms. The van der Waals surface area contributed by atoms with E-state index in [9.17, 15) is 4.79 Å². The SMILES string of the molecule is C=CCc1cccc2c1c(CC=C)cn2C(=O)OC(C)(C)C. The Morgan fingerprint density at radius 2 is 1.82 bits per heavy atom. The third-order valence-electron chi connectivity index (χ3n) is 3.31. The van der Waals surface area contributed by atoms with E-state index in [2.05, 4.69) is 19.2 Å². The quantitative estimate of drug-likeness (QED) is 0.753. The van der Waals surface area contributed by atoms with E-state index < -0.39 is 5.60 Å². The normalized spacial score (nSPS) is 11.4. The van der Waals surface area contributed by atoms with Crippen molar-refractivity contribution in [3.05, 3.63) is 60.8 Å². The van der Waals surface area contributed by atoms with Crippen molar-refractivity contribution in [3.63, 3.8) is 0 Å². The summed E-state index contributed by atoms with van der Waals surface area (Å²) in [5.41, 5.74) is 2.58. The Kier molecular flexibility index (Phi) is 4.55. The summed E-state index contributed by atoms with van der Waals surface area (Å²) >= 11 is 0. The third-order valence-corrected chi connectivity index (χ3v) is 3.31. The fourth-order valence-electron chi connectivity index (χ4n) is 2.55. The molecule has 1 aromatic carbocycles. The molecule has 0 aliphatic rings. The van der Waals surface area contributed by atoms with Crippen LogP contribution < -0.4 is 0 Å². The molecule has 0 spiro atoms. The maximum atomic E-state index is 12.5. The second-order valence-electron chi connectivity index (χ2n) is 6.30. The lowest BCUT2D eigenvalue weighted by atomic mass is 10.0. The van der Waals surface area contributed by atoms with E-state index in [0.717, 1.165) is 28.5 Å². The molecule has 0 amide bonds. The zero-order chi connectivity index (χ0) is 16.3. The molecule has 0 saturated heterocycles. The highest BCUT2D eigenvalue weighted by atomic mass is 16.6. The van der Waals surface area contributed by atoms with Crippen LogP contribution in [0.1, 0.15) is 31.9 Å². The zero-order valence-electron chi connectivity index (χ0n) is 13.6. The van der Waals surface area contributed by atoms with E-state index in [1.165, 1.54) is 0 Å². The first kappa shape index (κ1) is 16.1. The summed E-state index contributed by atoms with van der Waals surface area (Å²) in [6.45, 7) is 13.2. The van der Waals surface area contributed by atoms with Crippen LogP contribution in [0.5, 0.6) is 0 Å². The van der Waals surface area contributed by atoms with Crippen LogP contribution in [0.2, 0.25) is 0 Å². The number of nitrogens with zero attached hydrogens (tertiary/aromatic N) is 1. The molecule has 0 fully saturated rings. The van der Waals surface area contributed by atoms with Crippen LogP contribution in [-0.4, -0.2) is 16.3 Å². The summed E-state index contributed by atoms with van der Waals surface area (Å²) in [4.78, 5) is 12.5. The monoisotopic (exact) mass is 297 g/mol. The van der Waals surface area contributed by atoms with Crippen molar-refractivity contribution >= 4 is 17.0 Å². The van der Waals surface area contributed by atoms with Crippen LogP contribution in [0.3, 0.4) is 0 Å². The molecule has 3 heteroatoms. The molecule has 0 unspecified atom stereocenters. The van der Waals surface area contributed by atoms with Gasteiger partial charge in [-0.2, -0.15) is 0 Å². The lowest BCUT2D eigenvalue weighted by Gasteiger charge is -2.19. The standard InChI is InChI=1S/C19H23NO2/c1-6-9-14-11-8-12-16-17(14)15(10-7-2)13-20(16)18(21)22-19(3,4)5/h6-8,11-13H,1-2,9-10H2,3-5H3. The van der Waals surface area contributed by atoms with Gasteiger partial charge in [0, 0.05) is 11.6 Å². The van der Waals surface area contributed by atoms with Gasteiger partial charge in [-0.05, 0) is 50.8 Å². The molecule has 0 aliphatic heterocycles. The summed E-state index contributed by atoms with van der Waals surface area (Å²) in [6, 6.07) is 5.97. The van der Waals surface area contributed by atoms with Gasteiger partial charge in [0.05, 0.1) is 5.52 Å². The average Bonchev–Trinajstić information content (AvgIpc) is 2.78. The largest absolute Gasteiger partial charge is 0.443 e. The van der Waals surface area contributed by atoms with E-state index in [1.807, 2.05) is 51.3 Å². The summed E-state index contributed by atoms with van der Waals surface area (Å²) in [7, 11) is 0. The molecular weight excluding hydrogens is 274 g/mol. The van der Waals surface area contributed by atoms with E-state index in [1.54, 1.807) is 4.57 Å². The van der Waals surface area contributed by atoms with Crippen molar-refractivity contribution in [1.29, 1.82) is 0 Å². The van der Waals surface area contributed by atoms with Crippen molar-refractivity contribution in [2.75, 3.05) is 0 Å². The van der Waals surface area contributed by atoms with E-state index >= 15 is 0 Å². The van der Waals surface area contributed by atoms with Crippen molar-refractivity contribution in [2.24, 2.45) is 0 Å². The number of benzene rings is 1. The summed E-state index contributed by atoms with van der Waals surface area (Å²) in [5, 5.41) is 1.09. The van der Waals surface area contributed by atoms with E-state index in [4.69, 9.17) is 4.74 Å². The van der Waals surface area contributed by atoms with Crippen LogP contribution >= 0.6 is 0 Å². The Morgan fingerprint density at radius 3 is 2.41 bits per heavy atom. The number of ether oxygens (including phenoxy) is 1. The second-order valence-corrected chi connectivity index (χ2v) is 6.30. The van der Waals surface area contributed by atoms with Crippen LogP contribution in [0, 0.1) is 0 Å². The van der Waals surface area contributed by atoms with Crippen LogP contribution in [0.4, 0.5) is 4.79 Å². The van der Waals surface area contributed by atoms with E-state index in [-0.39, 0.29) is 6.09 Å². The number of hydrogen-bond acceptors (Lipinski definition) is 2. The Morgan fingerprint density at radius 1 is 1.18 bits per heavy atom. The predicted octanol–water partition coefficient (Wildman–Crippen LogP) is 4.88. The van der Waals surface area contributed by atoms with Gasteiger partial charge in [0.1, 0.15) is 5.60 Å². The molecule has 1 aromatic heterocycles. The molecule has 1 heterocycles. The Labute approximate surface area is 131 Å². The highest BCUT2D eigenvalue weighted by molar-refractivity contribution is 5.94. The second kappa shape index (κ2) is 6.22. The summed E-state index contributed by atoms with van der Waals surface area (Å²) in [5.74, 6) is 0. The average molecular weight is 297 g/mol. The van der Waals surface area contributed by atoms with Gasteiger partial charge in [0.25, 0.3) is 0 Å². The molecule has 0 atom stereocenters. The molecule has 0 radical (unpaired) electrons. The Hall–Kier alpha value is -2.29. The van der Waals surface area contributed by atoms with Gasteiger partial charge in [0.2, 0.25) is 0 Å². The van der Waals surface area contributed by atoms with Gasteiger partial charge in [-0.25, -0.2) is 4.79 Å². The smallest absolute Gasteiger partial charge is 0.419 e. The molecule has 0 N–H and O–H groups in total. The molecule has 22 heavy (non-hydrogen) atoms. The van der Waals surface area contributed by atoms with Crippen LogP contribution in [0.15, 0.2) is 49.7 Å². The fraction of sp³-hybridized carbons (Fsp3) is 0.316. The van der Waals surface area contributed by atoms with Crippen molar-refractivity contribution < 1.29 is 9.53 Å². The molecule has 0 saturated carbocycles. The molecule has 116 valence electrons. The first-order valence-electron chi connectivity index (χ1n) is 7.44. The topological polar surface area (TPSA) is 31.2 Å². The molecular formula is C19H23NO2. The number of hydrogen-bond donors (Lipinski definition) is 0. The number of fused-ring (bicyclic) bond motifs is 1. The predicted molar refractivity (Wildman–Crippen MR) is 91.4 cm³/mol. The van der Waals surface area contributed by atoms with E-state index in [0.29, 0.717) is 6.42 Å². The maximum Gasteiger partial charge on any atom is 0.419 e. The lowest BCUT2D eigenvalue weighted by molar-refractivity contribution is 0.0544. The Balaban J connectivity index is 2.61. The van der Waals surface area contributed by atoms with Crippen LogP contribution in [0.25, 0.3) is 10.9 Å². The van der Waals surface area contributed by atoms with Gasteiger partial charge < -0.3 is 4.74 Å². The molecule has 2 aromatic rings. The minimum absolute atomic E-state index is 0.358. The highest BCUT2D eigenvalue weighted by Crippen LogP contribution is 2.27. The minimum atomic E-state index is -0.523. The van der Waals surface area contributed by atoms with Gasteiger partial charge in [-0.3, -0.25) is 4.57 Å². The summed E-state index contributed by atoms with van der Waals surface area (Å²) < 4.78 is 7.09. The number of allylic oxidation sites excluding steroid dienone is 2. The Bertz CT molecular complexity index is 717. The van der Waals surface area contributed by atoms with Crippen molar-refractivity contribution in [2.45, 2.75) is 39.2 Å². The van der Waals surface area contributed by atoms with Gasteiger partial charge in [-0.15, -0.1) is 13.2 Å². The highest BCUT2D eigenvalue weighted by Gasteiger charge is 2.21. The summed E-state index contributed by atoms with van der Waals surface area (Å²) in [6.07, 6.45) is 6.69. The van der Waals surface area contributed by atoms with Crippen molar-refractivity contribution in [1.82, 2.24) is 4.57 Å². The number of carbonyl (C=O) groups excluding carboxylic acids is 1. The first-order valence-corrected chi connectivity index (χ1v) is 7.44. The third kappa shape index (κ3) is 3.30. The molecule has 2 rings (SSSR count). The lowest BCUT2D eigenvalue weighted by Crippen LogP contribution is -2.26. The van der Waals surface area contributed by atoms with Gasteiger partial charge in [-0.1, -0.05) is 24.3 Å². The number of rotatable bonds is 4. The fourth-order valence-corrected chi connectivity index (χ4v) is 2.55. The molecule has 3 nitrogen and oxygen atoms in total. The number of aromatic nitrogens is 1. The van der Waals surface area contributed by atoms with Gasteiger partial charge >= 0.3 is 6.09 Å². The zero-order valence-corrected chi connectivity index (χ0v) is 13.6. The van der Waals surface area contributed by atoms with Crippen LogP contribution in [-0.2, 0) is 17.6 Å². The van der Waals surface area contributed by atoms with Gasteiger partial charge in [0.15, 0.2) is 0 Å². The molecule has 0 aliphatic carbocycles. The number of carbonyl (C=O) groups is 1. The first-order chi connectivity index (χ1) is 10.4. The van der Waals surface area contributed by atoms with Crippen molar-refractivity contribution in [3.8, 4) is 0 Å². The minimum Gasteiger partial charge on any atom is -0.443 e. The maximum absolute atomic E-state index is 12.5.